The molecule has 0 unspecified atom stereocenters. The molecule has 32 heavy (non-hydrogen) atoms. The highest BCUT2D eigenvalue weighted by Gasteiger charge is 2.31. The van der Waals surface area contributed by atoms with E-state index in [-0.39, 0.29) is 18.2 Å². The van der Waals surface area contributed by atoms with Crippen LogP contribution in [0.4, 0.5) is 4.39 Å². The molecular formula is C23H22Cl2FN5O. The molecule has 2 aliphatic rings. The summed E-state index contributed by atoms with van der Waals surface area (Å²) in [6.45, 7) is 1.43. The zero-order chi connectivity index (χ0) is 20.9. The Morgan fingerprint density at radius 1 is 1.00 bits per heavy atom. The molecule has 1 fully saturated rings. The molecule has 0 bridgehead atoms. The van der Waals surface area contributed by atoms with Gasteiger partial charge in [0.25, 0.3) is 0 Å². The van der Waals surface area contributed by atoms with Crippen molar-refractivity contribution in [1.82, 2.24) is 25.2 Å². The lowest BCUT2D eigenvalue weighted by Gasteiger charge is -2.27. The summed E-state index contributed by atoms with van der Waals surface area (Å²) in [5.41, 5.74) is 3.72. The number of nitrogens with one attached hydrogen (secondary N) is 1. The molecule has 2 aromatic heterocycles. The number of aromatic nitrogens is 4. The third kappa shape index (κ3) is 3.58. The third-order valence-electron chi connectivity index (χ3n) is 6.58. The smallest absolute Gasteiger partial charge is 0.170 e. The van der Waals surface area contributed by atoms with Gasteiger partial charge in [0, 0.05) is 34.9 Å². The fourth-order valence-electron chi connectivity index (χ4n) is 5.04. The van der Waals surface area contributed by atoms with Crippen LogP contribution in [0.1, 0.15) is 60.4 Å². The zero-order valence-corrected chi connectivity index (χ0v) is 18.8. The first-order valence-electron chi connectivity index (χ1n) is 10.7. The Morgan fingerprint density at radius 2 is 1.81 bits per heavy atom. The number of nitrogens with zero attached hydrogens (tertiary/aromatic N) is 4. The molecule has 2 aromatic carbocycles. The van der Waals surface area contributed by atoms with E-state index in [0.717, 1.165) is 71.2 Å². The average molecular weight is 474 g/mol. The lowest BCUT2D eigenvalue weighted by molar-refractivity contribution is 0.360. The SMILES string of the molecule is Cl.Fc1ccc2c(c1)onc2[C@H]1CC[C@H](c2nnc3n2-c2ccc(Cl)cc2CNC3)CC1. The molecule has 9 heteroatoms. The minimum absolute atomic E-state index is 0. The Hall–Kier alpha value is -2.48. The summed E-state index contributed by atoms with van der Waals surface area (Å²) in [6.07, 6.45) is 3.96. The van der Waals surface area contributed by atoms with Crippen molar-refractivity contribution in [1.29, 1.82) is 0 Å². The normalized spacial score (nSPS) is 20.3. The summed E-state index contributed by atoms with van der Waals surface area (Å²) >= 11 is 6.23. The summed E-state index contributed by atoms with van der Waals surface area (Å²) in [7, 11) is 0. The quantitative estimate of drug-likeness (QED) is 0.406. The molecular weight excluding hydrogens is 452 g/mol. The first-order valence-corrected chi connectivity index (χ1v) is 11.0. The van der Waals surface area contributed by atoms with Crippen LogP contribution in [0.15, 0.2) is 40.9 Å². The number of fused-ring (bicyclic) bond motifs is 4. The molecule has 6 nitrogen and oxygen atoms in total. The van der Waals surface area contributed by atoms with Gasteiger partial charge in [0.2, 0.25) is 0 Å². The summed E-state index contributed by atoms with van der Waals surface area (Å²) in [6, 6.07) is 10.6. The summed E-state index contributed by atoms with van der Waals surface area (Å²) in [5.74, 6) is 2.29. The van der Waals surface area contributed by atoms with E-state index in [1.165, 1.54) is 12.1 Å². The van der Waals surface area contributed by atoms with Crippen LogP contribution >= 0.6 is 24.0 Å². The number of hydrogen-bond acceptors (Lipinski definition) is 5. The molecule has 1 aliphatic heterocycles. The van der Waals surface area contributed by atoms with Crippen molar-refractivity contribution >= 4 is 35.0 Å². The molecule has 0 amide bonds. The van der Waals surface area contributed by atoms with E-state index in [1.807, 2.05) is 12.1 Å². The van der Waals surface area contributed by atoms with Crippen LogP contribution in [-0.4, -0.2) is 19.9 Å². The standard InChI is InChI=1S/C23H21ClFN5O.ClH/c24-16-5-8-19-15(9-16)11-26-12-21-27-28-23(30(19)21)14-3-1-13(2-4-14)22-18-7-6-17(25)10-20(18)31-29-22;/h5-10,13-14,26H,1-4,11-12H2;1H/t13-,14-;. The second-order valence-corrected chi connectivity index (χ2v) is 8.88. The van der Waals surface area contributed by atoms with E-state index >= 15 is 0 Å². The van der Waals surface area contributed by atoms with Crippen molar-refractivity contribution in [2.24, 2.45) is 0 Å². The van der Waals surface area contributed by atoms with Crippen LogP contribution in [0.3, 0.4) is 0 Å². The molecule has 1 saturated carbocycles. The van der Waals surface area contributed by atoms with Crippen molar-refractivity contribution < 1.29 is 8.91 Å². The molecule has 1 aliphatic carbocycles. The van der Waals surface area contributed by atoms with Crippen LogP contribution in [-0.2, 0) is 13.1 Å². The van der Waals surface area contributed by atoms with Gasteiger partial charge in [-0.2, -0.15) is 0 Å². The Bertz CT molecular complexity index is 1280. The van der Waals surface area contributed by atoms with Gasteiger partial charge in [-0.1, -0.05) is 16.8 Å². The Labute approximate surface area is 195 Å². The zero-order valence-electron chi connectivity index (χ0n) is 17.2. The molecule has 3 heterocycles. The molecule has 0 spiro atoms. The molecule has 4 aromatic rings. The van der Waals surface area contributed by atoms with Crippen LogP contribution < -0.4 is 5.32 Å². The average Bonchev–Trinajstić information content (AvgIpc) is 3.34. The molecule has 0 radical (unpaired) electrons. The lowest BCUT2D eigenvalue weighted by Crippen LogP contribution is -2.17. The number of halogens is 3. The topological polar surface area (TPSA) is 68.8 Å². The van der Waals surface area contributed by atoms with Gasteiger partial charge in [0.15, 0.2) is 11.4 Å². The second kappa shape index (κ2) is 8.46. The van der Waals surface area contributed by atoms with Crippen molar-refractivity contribution in [3.63, 3.8) is 0 Å². The van der Waals surface area contributed by atoms with Gasteiger partial charge in [-0.3, -0.25) is 4.57 Å². The van der Waals surface area contributed by atoms with Crippen LogP contribution in [0.5, 0.6) is 0 Å². The molecule has 0 atom stereocenters. The van der Waals surface area contributed by atoms with Crippen LogP contribution in [0.2, 0.25) is 5.02 Å². The van der Waals surface area contributed by atoms with E-state index in [0.29, 0.717) is 24.0 Å². The molecule has 1 N–H and O–H groups in total. The minimum Gasteiger partial charge on any atom is -0.356 e. The third-order valence-corrected chi connectivity index (χ3v) is 6.81. The first kappa shape index (κ1) is 21.4. The summed E-state index contributed by atoms with van der Waals surface area (Å²) in [5, 5.41) is 18.4. The second-order valence-electron chi connectivity index (χ2n) is 8.44. The maximum atomic E-state index is 13.5. The van der Waals surface area contributed by atoms with E-state index in [2.05, 4.69) is 31.3 Å². The lowest BCUT2D eigenvalue weighted by atomic mass is 9.79. The van der Waals surface area contributed by atoms with Gasteiger partial charge in [-0.15, -0.1) is 22.6 Å². The predicted molar refractivity (Wildman–Crippen MR) is 122 cm³/mol. The maximum Gasteiger partial charge on any atom is 0.170 e. The van der Waals surface area contributed by atoms with Crippen molar-refractivity contribution in [3.05, 3.63) is 70.1 Å². The van der Waals surface area contributed by atoms with Gasteiger partial charge < -0.3 is 9.84 Å². The Morgan fingerprint density at radius 3 is 2.66 bits per heavy atom. The van der Waals surface area contributed by atoms with E-state index in [4.69, 9.17) is 16.1 Å². The fraction of sp³-hybridized carbons (Fsp3) is 0.348. The van der Waals surface area contributed by atoms with Gasteiger partial charge in [-0.05, 0) is 61.6 Å². The van der Waals surface area contributed by atoms with Gasteiger partial charge in [-0.25, -0.2) is 4.39 Å². The van der Waals surface area contributed by atoms with E-state index in [1.54, 1.807) is 6.07 Å². The maximum absolute atomic E-state index is 13.5. The van der Waals surface area contributed by atoms with Crippen LogP contribution in [0.25, 0.3) is 16.7 Å². The highest BCUT2D eigenvalue weighted by atomic mass is 35.5. The number of benzene rings is 2. The monoisotopic (exact) mass is 473 g/mol. The van der Waals surface area contributed by atoms with E-state index in [9.17, 15) is 4.39 Å². The number of rotatable bonds is 2. The highest BCUT2D eigenvalue weighted by Crippen LogP contribution is 2.42. The van der Waals surface area contributed by atoms with Crippen molar-refractivity contribution in [2.75, 3.05) is 0 Å². The van der Waals surface area contributed by atoms with Crippen molar-refractivity contribution in [3.8, 4) is 5.69 Å². The predicted octanol–water partition coefficient (Wildman–Crippen LogP) is 5.67. The highest BCUT2D eigenvalue weighted by molar-refractivity contribution is 6.30. The van der Waals surface area contributed by atoms with E-state index < -0.39 is 0 Å². The van der Waals surface area contributed by atoms with Crippen molar-refractivity contribution in [2.45, 2.75) is 50.6 Å². The minimum atomic E-state index is -0.303. The van der Waals surface area contributed by atoms with Gasteiger partial charge >= 0.3 is 0 Å². The first-order chi connectivity index (χ1) is 15.2. The number of hydrogen-bond donors (Lipinski definition) is 1. The summed E-state index contributed by atoms with van der Waals surface area (Å²) < 4.78 is 21.1. The Kier molecular flexibility index (Phi) is 5.65. The molecule has 6 rings (SSSR count). The summed E-state index contributed by atoms with van der Waals surface area (Å²) in [4.78, 5) is 0. The largest absolute Gasteiger partial charge is 0.356 e. The Balaban J connectivity index is 0.00000216. The van der Waals surface area contributed by atoms with Gasteiger partial charge in [0.1, 0.15) is 11.6 Å². The van der Waals surface area contributed by atoms with Crippen LogP contribution in [0, 0.1) is 5.82 Å². The fourth-order valence-corrected chi connectivity index (χ4v) is 5.24. The molecule has 0 saturated heterocycles. The molecule has 166 valence electrons. The van der Waals surface area contributed by atoms with Gasteiger partial charge in [0.05, 0.1) is 17.9 Å².